The monoisotopic (exact) mass is 373 g/mol. The standard InChI is InChI=1S/C16H15N5O4S/c17-26(24,25)13-3-1-12(2-4-13)19-14-8-18-9-15(20-14)21-6-5-11(10-21)7-16(22)23/h1-6,8-10H,7H2,(H,19,20)(H,22,23)(H2,17,24,25). The number of carboxylic acids is 1. The molecule has 0 saturated heterocycles. The van der Waals surface area contributed by atoms with Gasteiger partial charge in [-0.1, -0.05) is 0 Å². The minimum Gasteiger partial charge on any atom is -0.481 e. The summed E-state index contributed by atoms with van der Waals surface area (Å²) >= 11 is 0. The van der Waals surface area contributed by atoms with E-state index in [1.807, 2.05) is 0 Å². The van der Waals surface area contributed by atoms with Crippen molar-refractivity contribution in [3.05, 3.63) is 60.7 Å². The van der Waals surface area contributed by atoms with Crippen molar-refractivity contribution < 1.29 is 18.3 Å². The molecule has 9 nitrogen and oxygen atoms in total. The van der Waals surface area contributed by atoms with E-state index in [-0.39, 0.29) is 11.3 Å². The maximum absolute atomic E-state index is 11.3. The van der Waals surface area contributed by atoms with Crippen molar-refractivity contribution >= 4 is 27.5 Å². The van der Waals surface area contributed by atoms with Gasteiger partial charge in [-0.2, -0.15) is 0 Å². The normalized spacial score (nSPS) is 11.3. The minimum atomic E-state index is -3.74. The van der Waals surface area contributed by atoms with Crippen LogP contribution in [-0.4, -0.2) is 34.0 Å². The van der Waals surface area contributed by atoms with Crippen molar-refractivity contribution in [2.24, 2.45) is 5.14 Å². The molecule has 0 atom stereocenters. The molecular weight excluding hydrogens is 358 g/mol. The molecule has 0 spiro atoms. The van der Waals surface area contributed by atoms with E-state index in [0.29, 0.717) is 22.9 Å². The Hall–Kier alpha value is -3.24. The van der Waals surface area contributed by atoms with Crippen LogP contribution < -0.4 is 10.5 Å². The number of anilines is 2. The number of aromatic nitrogens is 3. The number of carboxylic acid groups (broad SMARTS) is 1. The number of nitrogens with one attached hydrogen (secondary N) is 1. The Labute approximate surface area is 149 Å². The molecule has 26 heavy (non-hydrogen) atoms. The maximum Gasteiger partial charge on any atom is 0.307 e. The largest absolute Gasteiger partial charge is 0.481 e. The Morgan fingerprint density at radius 2 is 1.92 bits per heavy atom. The lowest BCUT2D eigenvalue weighted by atomic mass is 10.2. The Morgan fingerprint density at radius 3 is 2.58 bits per heavy atom. The van der Waals surface area contributed by atoms with Crippen LogP contribution in [0, 0.1) is 0 Å². The average molecular weight is 373 g/mol. The van der Waals surface area contributed by atoms with Crippen LogP contribution in [0.3, 0.4) is 0 Å². The molecule has 3 aromatic rings. The number of aliphatic carboxylic acids is 1. The summed E-state index contributed by atoms with van der Waals surface area (Å²) in [4.78, 5) is 19.3. The average Bonchev–Trinajstić information content (AvgIpc) is 3.02. The summed E-state index contributed by atoms with van der Waals surface area (Å²) in [7, 11) is -3.74. The minimum absolute atomic E-state index is 0.0150. The second-order valence-electron chi connectivity index (χ2n) is 5.45. The van der Waals surface area contributed by atoms with Crippen LogP contribution in [0.1, 0.15) is 5.56 Å². The number of hydrogen-bond donors (Lipinski definition) is 3. The highest BCUT2D eigenvalue weighted by molar-refractivity contribution is 7.89. The van der Waals surface area contributed by atoms with Crippen LogP contribution >= 0.6 is 0 Å². The molecule has 4 N–H and O–H groups in total. The Bertz CT molecular complexity index is 1040. The molecule has 0 unspecified atom stereocenters. The molecule has 2 heterocycles. The van der Waals surface area contributed by atoms with Crippen molar-refractivity contribution in [1.29, 1.82) is 0 Å². The third kappa shape index (κ3) is 4.23. The lowest BCUT2D eigenvalue weighted by Gasteiger charge is -2.08. The summed E-state index contributed by atoms with van der Waals surface area (Å²) in [5.41, 5.74) is 1.26. The third-order valence-corrected chi connectivity index (χ3v) is 4.38. The van der Waals surface area contributed by atoms with E-state index in [1.54, 1.807) is 41.4 Å². The molecule has 134 valence electrons. The van der Waals surface area contributed by atoms with E-state index in [9.17, 15) is 13.2 Å². The van der Waals surface area contributed by atoms with Gasteiger partial charge in [-0.25, -0.2) is 18.5 Å². The van der Waals surface area contributed by atoms with E-state index >= 15 is 0 Å². The predicted octanol–water partition coefficient (Wildman–Crippen LogP) is 1.29. The summed E-state index contributed by atoms with van der Waals surface area (Å²) < 4.78 is 24.2. The first-order valence-electron chi connectivity index (χ1n) is 7.42. The zero-order chi connectivity index (χ0) is 18.7. The highest BCUT2D eigenvalue weighted by Gasteiger charge is 2.08. The third-order valence-electron chi connectivity index (χ3n) is 3.45. The Morgan fingerprint density at radius 1 is 1.19 bits per heavy atom. The van der Waals surface area contributed by atoms with Gasteiger partial charge < -0.3 is 15.0 Å². The van der Waals surface area contributed by atoms with Gasteiger partial charge in [-0.3, -0.25) is 9.78 Å². The number of sulfonamides is 1. The molecule has 2 aromatic heterocycles. The van der Waals surface area contributed by atoms with Crippen LogP contribution in [0.25, 0.3) is 5.82 Å². The predicted molar refractivity (Wildman–Crippen MR) is 93.8 cm³/mol. The fourth-order valence-electron chi connectivity index (χ4n) is 2.28. The highest BCUT2D eigenvalue weighted by Crippen LogP contribution is 2.18. The molecule has 0 aliphatic heterocycles. The zero-order valence-electron chi connectivity index (χ0n) is 13.4. The summed E-state index contributed by atoms with van der Waals surface area (Å²) in [6.45, 7) is 0. The van der Waals surface area contributed by atoms with Gasteiger partial charge in [0, 0.05) is 18.1 Å². The van der Waals surface area contributed by atoms with E-state index < -0.39 is 16.0 Å². The topological polar surface area (TPSA) is 140 Å². The van der Waals surface area contributed by atoms with Crippen molar-refractivity contribution in [1.82, 2.24) is 14.5 Å². The van der Waals surface area contributed by atoms with Gasteiger partial charge in [0.1, 0.15) is 0 Å². The molecule has 0 aliphatic carbocycles. The number of nitrogens with zero attached hydrogens (tertiary/aromatic N) is 3. The summed E-state index contributed by atoms with van der Waals surface area (Å²) in [5, 5.41) is 16.9. The quantitative estimate of drug-likeness (QED) is 0.591. The van der Waals surface area contributed by atoms with Gasteiger partial charge in [-0.05, 0) is 35.9 Å². The molecule has 0 aliphatic rings. The molecule has 0 bridgehead atoms. The molecule has 10 heteroatoms. The summed E-state index contributed by atoms with van der Waals surface area (Å²) in [6, 6.07) is 7.60. The molecule has 0 radical (unpaired) electrons. The van der Waals surface area contributed by atoms with Crippen molar-refractivity contribution in [3.8, 4) is 5.82 Å². The van der Waals surface area contributed by atoms with Gasteiger partial charge in [0.25, 0.3) is 0 Å². The van der Waals surface area contributed by atoms with Crippen molar-refractivity contribution in [2.45, 2.75) is 11.3 Å². The van der Waals surface area contributed by atoms with E-state index in [2.05, 4.69) is 15.3 Å². The van der Waals surface area contributed by atoms with E-state index in [1.165, 1.54) is 18.3 Å². The first-order valence-corrected chi connectivity index (χ1v) is 8.97. The number of primary sulfonamides is 1. The van der Waals surface area contributed by atoms with Gasteiger partial charge in [-0.15, -0.1) is 0 Å². The summed E-state index contributed by atoms with van der Waals surface area (Å²) in [5.74, 6) is 0.0410. The second-order valence-corrected chi connectivity index (χ2v) is 7.02. The fourth-order valence-corrected chi connectivity index (χ4v) is 2.79. The number of hydrogen-bond acceptors (Lipinski definition) is 6. The molecule has 0 amide bonds. The fraction of sp³-hybridized carbons (Fsp3) is 0.0625. The van der Waals surface area contributed by atoms with E-state index in [4.69, 9.17) is 10.2 Å². The van der Waals surface area contributed by atoms with Gasteiger partial charge in [0.05, 0.1) is 23.7 Å². The second kappa shape index (κ2) is 6.94. The van der Waals surface area contributed by atoms with Crippen LogP contribution in [0.15, 0.2) is 60.0 Å². The highest BCUT2D eigenvalue weighted by atomic mass is 32.2. The van der Waals surface area contributed by atoms with Crippen LogP contribution in [0.5, 0.6) is 0 Å². The first-order chi connectivity index (χ1) is 12.3. The molecule has 0 fully saturated rings. The molecule has 1 aromatic carbocycles. The lowest BCUT2D eigenvalue weighted by molar-refractivity contribution is -0.136. The Kier molecular flexibility index (Phi) is 4.69. The first kappa shape index (κ1) is 17.6. The van der Waals surface area contributed by atoms with Crippen LogP contribution in [-0.2, 0) is 21.2 Å². The van der Waals surface area contributed by atoms with E-state index in [0.717, 1.165) is 0 Å². The van der Waals surface area contributed by atoms with Gasteiger partial charge in [0.15, 0.2) is 11.6 Å². The van der Waals surface area contributed by atoms with Gasteiger partial charge >= 0.3 is 5.97 Å². The number of rotatable bonds is 6. The number of nitrogens with two attached hydrogens (primary N) is 1. The molecule has 3 rings (SSSR count). The molecule has 0 saturated carbocycles. The van der Waals surface area contributed by atoms with Crippen molar-refractivity contribution in [3.63, 3.8) is 0 Å². The van der Waals surface area contributed by atoms with Crippen molar-refractivity contribution in [2.75, 3.05) is 5.32 Å². The molecular formula is C16H15N5O4S. The Balaban J connectivity index is 1.79. The van der Waals surface area contributed by atoms with Crippen LogP contribution in [0.4, 0.5) is 11.5 Å². The number of carbonyl (C=O) groups is 1. The van der Waals surface area contributed by atoms with Gasteiger partial charge in [0.2, 0.25) is 10.0 Å². The smallest absolute Gasteiger partial charge is 0.307 e. The van der Waals surface area contributed by atoms with Crippen LogP contribution in [0.2, 0.25) is 0 Å². The lowest BCUT2D eigenvalue weighted by Crippen LogP contribution is -2.11. The SMILES string of the molecule is NS(=O)(=O)c1ccc(Nc2cncc(-n3ccc(CC(=O)O)c3)n2)cc1. The maximum atomic E-state index is 11.3. The summed E-state index contributed by atoms with van der Waals surface area (Å²) in [6.07, 6.45) is 6.35. The zero-order valence-corrected chi connectivity index (χ0v) is 14.2. The number of benzene rings is 1.